The highest BCUT2D eigenvalue weighted by atomic mass is 32.1. The Morgan fingerprint density at radius 3 is 2.81 bits per heavy atom. The van der Waals surface area contributed by atoms with Crippen LogP contribution >= 0.6 is 11.3 Å². The number of anilines is 1. The molecule has 2 aliphatic rings. The van der Waals surface area contributed by atoms with Gasteiger partial charge in [-0.2, -0.15) is 0 Å². The molecule has 0 spiro atoms. The second-order valence-electron chi connectivity index (χ2n) is 9.11. The van der Waals surface area contributed by atoms with Crippen LogP contribution in [0.1, 0.15) is 32.1 Å². The third-order valence-electron chi connectivity index (χ3n) is 7.02. The molecule has 2 aliphatic heterocycles. The second kappa shape index (κ2) is 9.81. The monoisotopic (exact) mass is 454 g/mol. The number of fused-ring (bicyclic) bond motifs is 1. The molecule has 5 nitrogen and oxygen atoms in total. The molecule has 0 saturated carbocycles. The van der Waals surface area contributed by atoms with Gasteiger partial charge in [-0.15, -0.1) is 11.3 Å². The molecule has 2 fully saturated rings. The van der Waals surface area contributed by atoms with E-state index in [4.69, 9.17) is 4.74 Å². The van der Waals surface area contributed by atoms with Crippen molar-refractivity contribution in [3.05, 3.63) is 41.8 Å². The van der Waals surface area contributed by atoms with E-state index < -0.39 is 0 Å². The number of ether oxygens (including phenoxy) is 1. The van der Waals surface area contributed by atoms with E-state index in [9.17, 15) is 4.39 Å². The van der Waals surface area contributed by atoms with Crippen LogP contribution in [-0.4, -0.2) is 60.8 Å². The molecule has 0 aliphatic carbocycles. The zero-order chi connectivity index (χ0) is 21.9. The SMILES string of the molecule is CN1CCCC1CCOCC1CCN(c2ncnc3scc(-c4cccc(F)c4)c23)CC1. The van der Waals surface area contributed by atoms with Crippen molar-refractivity contribution in [2.24, 2.45) is 5.92 Å². The van der Waals surface area contributed by atoms with Crippen LogP contribution in [-0.2, 0) is 4.74 Å². The summed E-state index contributed by atoms with van der Waals surface area (Å²) in [5, 5.41) is 3.11. The van der Waals surface area contributed by atoms with Gasteiger partial charge in [0, 0.05) is 43.3 Å². The van der Waals surface area contributed by atoms with Gasteiger partial charge in [0.25, 0.3) is 0 Å². The highest BCUT2D eigenvalue weighted by molar-refractivity contribution is 7.17. The summed E-state index contributed by atoms with van der Waals surface area (Å²) in [5.41, 5.74) is 1.89. The van der Waals surface area contributed by atoms with Crippen molar-refractivity contribution in [3.63, 3.8) is 0 Å². The highest BCUT2D eigenvalue weighted by Crippen LogP contribution is 2.39. The van der Waals surface area contributed by atoms with Crippen LogP contribution in [0.5, 0.6) is 0 Å². The normalized spacial score (nSPS) is 20.4. The average Bonchev–Trinajstić information content (AvgIpc) is 3.43. The summed E-state index contributed by atoms with van der Waals surface area (Å²) in [6.07, 6.45) is 7.64. The van der Waals surface area contributed by atoms with Gasteiger partial charge in [0.05, 0.1) is 5.39 Å². The Morgan fingerprint density at radius 2 is 2.03 bits per heavy atom. The van der Waals surface area contributed by atoms with Crippen LogP contribution in [0.4, 0.5) is 10.2 Å². The summed E-state index contributed by atoms with van der Waals surface area (Å²) in [4.78, 5) is 14.9. The maximum atomic E-state index is 13.8. The topological polar surface area (TPSA) is 41.5 Å². The van der Waals surface area contributed by atoms with Crippen molar-refractivity contribution in [1.29, 1.82) is 0 Å². The molecule has 0 bridgehead atoms. The molecule has 3 aromatic rings. The predicted molar refractivity (Wildman–Crippen MR) is 129 cm³/mol. The Bertz CT molecular complexity index is 1050. The quantitative estimate of drug-likeness (QED) is 0.458. The summed E-state index contributed by atoms with van der Waals surface area (Å²) in [5.74, 6) is 1.36. The number of aromatic nitrogens is 2. The number of hydrogen-bond donors (Lipinski definition) is 0. The van der Waals surface area contributed by atoms with Gasteiger partial charge in [-0.1, -0.05) is 12.1 Å². The van der Waals surface area contributed by atoms with Crippen LogP contribution in [0.3, 0.4) is 0 Å². The largest absolute Gasteiger partial charge is 0.381 e. The summed E-state index contributed by atoms with van der Waals surface area (Å²) < 4.78 is 19.9. The lowest BCUT2D eigenvalue weighted by molar-refractivity contribution is 0.0769. The first-order valence-corrected chi connectivity index (χ1v) is 12.6. The molecule has 0 N–H and O–H groups in total. The zero-order valence-corrected chi connectivity index (χ0v) is 19.5. The average molecular weight is 455 g/mol. The van der Waals surface area contributed by atoms with Crippen LogP contribution in [0.2, 0.25) is 0 Å². The van der Waals surface area contributed by atoms with E-state index in [1.165, 1.54) is 25.5 Å². The van der Waals surface area contributed by atoms with Crippen molar-refractivity contribution < 1.29 is 9.13 Å². The van der Waals surface area contributed by atoms with Crippen molar-refractivity contribution in [1.82, 2.24) is 14.9 Å². The van der Waals surface area contributed by atoms with Crippen molar-refractivity contribution in [2.45, 2.75) is 38.1 Å². The van der Waals surface area contributed by atoms with Gasteiger partial charge in [0.15, 0.2) is 0 Å². The highest BCUT2D eigenvalue weighted by Gasteiger charge is 2.24. The van der Waals surface area contributed by atoms with E-state index in [-0.39, 0.29) is 5.82 Å². The maximum Gasteiger partial charge on any atom is 0.141 e. The van der Waals surface area contributed by atoms with E-state index in [0.717, 1.165) is 72.7 Å². The van der Waals surface area contributed by atoms with Crippen LogP contribution in [0, 0.1) is 11.7 Å². The van der Waals surface area contributed by atoms with Gasteiger partial charge in [0.1, 0.15) is 22.8 Å². The first-order chi connectivity index (χ1) is 15.7. The van der Waals surface area contributed by atoms with Crippen LogP contribution in [0.25, 0.3) is 21.3 Å². The van der Waals surface area contributed by atoms with Gasteiger partial charge in [-0.3, -0.25) is 0 Å². The molecule has 0 amide bonds. The minimum Gasteiger partial charge on any atom is -0.381 e. The lowest BCUT2D eigenvalue weighted by Crippen LogP contribution is -2.36. The van der Waals surface area contributed by atoms with Crippen molar-refractivity contribution in [2.75, 3.05) is 44.8 Å². The van der Waals surface area contributed by atoms with Gasteiger partial charge in [0.2, 0.25) is 0 Å². The van der Waals surface area contributed by atoms with Gasteiger partial charge >= 0.3 is 0 Å². The molecule has 2 saturated heterocycles. The molecule has 1 unspecified atom stereocenters. The van der Waals surface area contributed by atoms with E-state index >= 15 is 0 Å². The van der Waals surface area contributed by atoms with Crippen LogP contribution in [0.15, 0.2) is 36.0 Å². The molecule has 2 aromatic heterocycles. The number of likely N-dealkylation sites (tertiary alicyclic amines) is 1. The Kier molecular flexibility index (Phi) is 6.67. The number of rotatable bonds is 7. The molecular formula is C25H31FN4OS. The number of benzene rings is 1. The second-order valence-corrected chi connectivity index (χ2v) is 9.97. The van der Waals surface area contributed by atoms with Gasteiger partial charge in [-0.05, 0) is 69.3 Å². The number of thiophene rings is 1. The molecule has 32 heavy (non-hydrogen) atoms. The molecule has 5 rings (SSSR count). The predicted octanol–water partition coefficient (Wildman–Crippen LogP) is 5.21. The molecule has 1 atom stereocenters. The number of nitrogens with zero attached hydrogens (tertiary/aromatic N) is 4. The molecule has 7 heteroatoms. The van der Waals surface area contributed by atoms with Gasteiger partial charge < -0.3 is 14.5 Å². The fourth-order valence-electron chi connectivity index (χ4n) is 5.09. The van der Waals surface area contributed by atoms with E-state index in [2.05, 4.69) is 32.2 Å². The first kappa shape index (κ1) is 21.7. The minimum absolute atomic E-state index is 0.222. The smallest absolute Gasteiger partial charge is 0.141 e. The summed E-state index contributed by atoms with van der Waals surface area (Å²) in [6.45, 7) is 4.88. The fraction of sp³-hybridized carbons (Fsp3) is 0.520. The third-order valence-corrected chi connectivity index (χ3v) is 7.91. The Morgan fingerprint density at radius 1 is 1.16 bits per heavy atom. The lowest BCUT2D eigenvalue weighted by Gasteiger charge is -2.33. The summed E-state index contributed by atoms with van der Waals surface area (Å²) in [7, 11) is 2.23. The minimum atomic E-state index is -0.222. The standard InChI is InChI=1S/C25H31FN4OS/c1-29-10-3-6-21(29)9-13-31-15-18-7-11-30(12-8-18)24-23-22(16-32-25(23)28-17-27-24)19-4-2-5-20(26)14-19/h2,4-5,14,16-18,21H,3,6-13,15H2,1H3. The Hall–Kier alpha value is -2.09. The van der Waals surface area contributed by atoms with E-state index in [1.807, 2.05) is 6.07 Å². The summed E-state index contributed by atoms with van der Waals surface area (Å²) >= 11 is 1.59. The van der Waals surface area contributed by atoms with Crippen LogP contribution < -0.4 is 4.90 Å². The zero-order valence-electron chi connectivity index (χ0n) is 18.7. The molecule has 4 heterocycles. The molecular weight excluding hydrogens is 423 g/mol. The fourth-order valence-corrected chi connectivity index (χ4v) is 6.00. The Labute approximate surface area is 193 Å². The van der Waals surface area contributed by atoms with E-state index in [1.54, 1.807) is 29.8 Å². The molecule has 1 aromatic carbocycles. The van der Waals surface area contributed by atoms with Crippen molar-refractivity contribution >= 4 is 27.4 Å². The molecule has 170 valence electrons. The van der Waals surface area contributed by atoms with E-state index in [0.29, 0.717) is 12.0 Å². The summed E-state index contributed by atoms with van der Waals surface area (Å²) in [6, 6.07) is 7.48. The van der Waals surface area contributed by atoms with Crippen molar-refractivity contribution in [3.8, 4) is 11.1 Å². The van der Waals surface area contributed by atoms with Gasteiger partial charge in [-0.25, -0.2) is 14.4 Å². The maximum absolute atomic E-state index is 13.8. The number of piperidine rings is 1. The Balaban J connectivity index is 1.21. The number of halogens is 1. The number of hydrogen-bond acceptors (Lipinski definition) is 6. The third kappa shape index (κ3) is 4.65. The first-order valence-electron chi connectivity index (χ1n) is 11.7. The lowest BCUT2D eigenvalue weighted by atomic mass is 9.97. The molecule has 0 radical (unpaired) electrons.